The van der Waals surface area contributed by atoms with Gasteiger partial charge in [-0.05, 0) is 56.6 Å². The summed E-state index contributed by atoms with van der Waals surface area (Å²) in [7, 11) is 0. The third-order valence-corrected chi connectivity index (χ3v) is 3.73. The second-order valence-corrected chi connectivity index (χ2v) is 5.28. The lowest BCUT2D eigenvalue weighted by Gasteiger charge is -2.32. The van der Waals surface area contributed by atoms with E-state index in [2.05, 4.69) is 17.1 Å². The first-order chi connectivity index (χ1) is 9.19. The van der Waals surface area contributed by atoms with Gasteiger partial charge in [0, 0.05) is 12.6 Å². The van der Waals surface area contributed by atoms with Crippen LogP contribution in [0.4, 0.5) is 4.39 Å². The molecule has 1 fully saturated rings. The Labute approximate surface area is 114 Å². The van der Waals surface area contributed by atoms with E-state index >= 15 is 0 Å². The van der Waals surface area contributed by atoms with Gasteiger partial charge >= 0.3 is 0 Å². The zero-order chi connectivity index (χ0) is 13.7. The van der Waals surface area contributed by atoms with E-state index in [1.165, 1.54) is 25.1 Å². The number of piperidine rings is 1. The Balaban J connectivity index is 1.75. The van der Waals surface area contributed by atoms with Crippen molar-refractivity contribution in [2.24, 2.45) is 0 Å². The number of nitrogens with one attached hydrogen (secondary N) is 1. The fourth-order valence-electron chi connectivity index (χ4n) is 2.60. The fraction of sp³-hybridized carbons (Fsp3) is 0.600. The Bertz CT molecular complexity index is 403. The molecule has 106 valence electrons. The van der Waals surface area contributed by atoms with Crippen molar-refractivity contribution in [2.45, 2.75) is 38.8 Å². The van der Waals surface area contributed by atoms with Crippen molar-refractivity contribution in [2.75, 3.05) is 19.6 Å². The first kappa shape index (κ1) is 14.3. The summed E-state index contributed by atoms with van der Waals surface area (Å²) in [5, 5.41) is 12.6. The highest BCUT2D eigenvalue weighted by Crippen LogP contribution is 2.17. The summed E-state index contributed by atoms with van der Waals surface area (Å²) >= 11 is 0. The number of hydrogen-bond acceptors (Lipinski definition) is 3. The number of nitrogens with zero attached hydrogens (tertiary/aromatic N) is 1. The second-order valence-electron chi connectivity index (χ2n) is 5.28. The van der Waals surface area contributed by atoms with Crippen LogP contribution in [0, 0.1) is 5.82 Å². The van der Waals surface area contributed by atoms with E-state index in [1.807, 2.05) is 0 Å². The van der Waals surface area contributed by atoms with E-state index in [0.717, 1.165) is 31.5 Å². The first-order valence-electron chi connectivity index (χ1n) is 7.12. The minimum Gasteiger partial charge on any atom is -0.505 e. The van der Waals surface area contributed by atoms with Gasteiger partial charge in [-0.25, -0.2) is 4.39 Å². The van der Waals surface area contributed by atoms with E-state index in [-0.39, 0.29) is 5.75 Å². The van der Waals surface area contributed by atoms with Crippen molar-refractivity contribution in [1.82, 2.24) is 10.2 Å². The van der Waals surface area contributed by atoms with Crippen LogP contribution >= 0.6 is 0 Å². The molecule has 1 heterocycles. The van der Waals surface area contributed by atoms with E-state index in [0.29, 0.717) is 12.6 Å². The normalized spacial score (nSPS) is 17.8. The van der Waals surface area contributed by atoms with Gasteiger partial charge in [-0.15, -0.1) is 0 Å². The van der Waals surface area contributed by atoms with Crippen molar-refractivity contribution in [3.05, 3.63) is 29.6 Å². The van der Waals surface area contributed by atoms with Gasteiger partial charge in [0.25, 0.3) is 0 Å². The molecule has 0 radical (unpaired) electrons. The molecule has 4 heteroatoms. The average molecular weight is 266 g/mol. The number of rotatable bonds is 5. The topological polar surface area (TPSA) is 35.5 Å². The smallest absolute Gasteiger partial charge is 0.165 e. The Morgan fingerprint density at radius 1 is 1.37 bits per heavy atom. The third kappa shape index (κ3) is 4.18. The van der Waals surface area contributed by atoms with Crippen LogP contribution in [0.1, 0.15) is 31.7 Å². The number of phenolic OH excluding ortho intramolecular Hbond substituents is 1. The summed E-state index contributed by atoms with van der Waals surface area (Å²) in [6, 6.07) is 5.09. The molecule has 0 saturated carbocycles. The number of halogens is 1. The molecule has 0 aliphatic carbocycles. The van der Waals surface area contributed by atoms with Crippen LogP contribution in [0.3, 0.4) is 0 Å². The van der Waals surface area contributed by atoms with Gasteiger partial charge in [0.05, 0.1) is 0 Å². The van der Waals surface area contributed by atoms with Crippen molar-refractivity contribution < 1.29 is 9.50 Å². The van der Waals surface area contributed by atoms with Gasteiger partial charge in [-0.2, -0.15) is 0 Å². The van der Waals surface area contributed by atoms with Crippen LogP contribution in [0.2, 0.25) is 0 Å². The van der Waals surface area contributed by atoms with Crippen LogP contribution in [0.15, 0.2) is 18.2 Å². The number of hydrogen-bond donors (Lipinski definition) is 2. The van der Waals surface area contributed by atoms with Crippen LogP contribution in [-0.2, 0) is 6.54 Å². The van der Waals surface area contributed by atoms with Crippen LogP contribution in [0.5, 0.6) is 5.75 Å². The van der Waals surface area contributed by atoms with Crippen LogP contribution < -0.4 is 5.32 Å². The maximum Gasteiger partial charge on any atom is 0.165 e. The van der Waals surface area contributed by atoms with Crippen molar-refractivity contribution in [1.29, 1.82) is 0 Å². The zero-order valence-corrected chi connectivity index (χ0v) is 11.5. The Morgan fingerprint density at radius 3 is 2.74 bits per heavy atom. The summed E-state index contributed by atoms with van der Waals surface area (Å²) in [6.45, 7) is 6.36. The SMILES string of the molecule is CCCN1CCC(NCc2ccc(O)c(F)c2)CC1. The molecule has 1 aliphatic heterocycles. The fourth-order valence-corrected chi connectivity index (χ4v) is 2.60. The highest BCUT2D eigenvalue weighted by Gasteiger charge is 2.17. The van der Waals surface area contributed by atoms with Crippen molar-refractivity contribution >= 4 is 0 Å². The molecule has 0 bridgehead atoms. The molecular weight excluding hydrogens is 243 g/mol. The predicted molar refractivity (Wildman–Crippen MR) is 74.7 cm³/mol. The van der Waals surface area contributed by atoms with Gasteiger partial charge in [-0.3, -0.25) is 0 Å². The van der Waals surface area contributed by atoms with Crippen molar-refractivity contribution in [3.8, 4) is 5.75 Å². The monoisotopic (exact) mass is 266 g/mol. The van der Waals surface area contributed by atoms with Crippen molar-refractivity contribution in [3.63, 3.8) is 0 Å². The summed E-state index contributed by atoms with van der Waals surface area (Å²) in [5.74, 6) is -0.825. The molecule has 1 aromatic rings. The number of phenols is 1. The van der Waals surface area contributed by atoms with Crippen LogP contribution in [-0.4, -0.2) is 35.7 Å². The van der Waals surface area contributed by atoms with E-state index in [1.54, 1.807) is 6.07 Å². The first-order valence-corrected chi connectivity index (χ1v) is 7.12. The second kappa shape index (κ2) is 6.87. The molecule has 1 aromatic carbocycles. The molecule has 1 aliphatic rings. The maximum absolute atomic E-state index is 13.2. The third-order valence-electron chi connectivity index (χ3n) is 3.73. The molecule has 2 N–H and O–H groups in total. The van der Waals surface area contributed by atoms with Gasteiger partial charge in [-0.1, -0.05) is 13.0 Å². The minimum absolute atomic E-state index is 0.281. The largest absolute Gasteiger partial charge is 0.505 e. The minimum atomic E-state index is -0.544. The lowest BCUT2D eigenvalue weighted by molar-refractivity contribution is 0.197. The lowest BCUT2D eigenvalue weighted by Crippen LogP contribution is -2.42. The molecule has 3 nitrogen and oxygen atoms in total. The van der Waals surface area contributed by atoms with Gasteiger partial charge in [0.15, 0.2) is 11.6 Å². The Morgan fingerprint density at radius 2 is 2.11 bits per heavy atom. The molecule has 0 amide bonds. The Hall–Kier alpha value is -1.13. The zero-order valence-electron chi connectivity index (χ0n) is 11.5. The summed E-state index contributed by atoms with van der Waals surface area (Å²) in [6.07, 6.45) is 3.52. The summed E-state index contributed by atoms with van der Waals surface area (Å²) < 4.78 is 13.2. The molecule has 19 heavy (non-hydrogen) atoms. The van der Waals surface area contributed by atoms with E-state index < -0.39 is 5.82 Å². The molecule has 1 saturated heterocycles. The van der Waals surface area contributed by atoms with Gasteiger partial charge < -0.3 is 15.3 Å². The number of aromatic hydroxyl groups is 1. The van der Waals surface area contributed by atoms with Gasteiger partial charge in [0.2, 0.25) is 0 Å². The molecule has 0 spiro atoms. The molecule has 0 aromatic heterocycles. The predicted octanol–water partition coefficient (Wildman–Crippen LogP) is 2.50. The molecule has 0 atom stereocenters. The molecule has 2 rings (SSSR count). The highest BCUT2D eigenvalue weighted by atomic mass is 19.1. The van der Waals surface area contributed by atoms with Gasteiger partial charge in [0.1, 0.15) is 0 Å². The molecular formula is C15H23FN2O. The highest BCUT2D eigenvalue weighted by molar-refractivity contribution is 5.27. The van der Waals surface area contributed by atoms with Crippen LogP contribution in [0.25, 0.3) is 0 Å². The average Bonchev–Trinajstić information content (AvgIpc) is 2.42. The lowest BCUT2D eigenvalue weighted by atomic mass is 10.0. The summed E-state index contributed by atoms with van der Waals surface area (Å²) in [5.41, 5.74) is 0.881. The number of likely N-dealkylation sites (tertiary alicyclic amines) is 1. The summed E-state index contributed by atoms with van der Waals surface area (Å²) in [4.78, 5) is 2.50. The quantitative estimate of drug-likeness (QED) is 0.859. The number of benzene rings is 1. The standard InChI is InChI=1S/C15H23FN2O/c1-2-7-18-8-5-13(6-9-18)17-11-12-3-4-15(19)14(16)10-12/h3-4,10,13,17,19H,2,5-9,11H2,1H3. The van der Waals surface area contributed by atoms with E-state index in [9.17, 15) is 4.39 Å². The molecule has 0 unspecified atom stereocenters. The Kier molecular flexibility index (Phi) is 5.16. The van der Waals surface area contributed by atoms with E-state index in [4.69, 9.17) is 5.11 Å². The maximum atomic E-state index is 13.2.